The average molecular weight is 428 g/mol. The zero-order valence-corrected chi connectivity index (χ0v) is 18.2. The van der Waals surface area contributed by atoms with Crippen LogP contribution in [-0.2, 0) is 4.74 Å². The molecule has 0 aliphatic heterocycles. The molecule has 0 fully saturated rings. The number of ether oxygens (including phenoxy) is 3. The van der Waals surface area contributed by atoms with Crippen LogP contribution < -0.4 is 14.8 Å². The number of amides is 1. The zero-order chi connectivity index (χ0) is 22.3. The standard InChI is InChI=1S/C27H25NO4/c1-30-20-14-15-26(31-2)19(17-20)9-7-8-16-28-27(29)32-18-25-23-12-5-3-10-21(23)22-11-4-6-13-24(22)25/h3-6,10-15,17,25H,8,16,18H2,1-2H3,(H,28,29). The Balaban J connectivity index is 1.30. The topological polar surface area (TPSA) is 56.8 Å². The summed E-state index contributed by atoms with van der Waals surface area (Å²) in [7, 11) is 3.21. The Kier molecular flexibility index (Phi) is 6.62. The van der Waals surface area contributed by atoms with Gasteiger partial charge in [-0.05, 0) is 40.5 Å². The third-order valence-corrected chi connectivity index (χ3v) is 5.49. The lowest BCUT2D eigenvalue weighted by Gasteiger charge is -2.14. The maximum Gasteiger partial charge on any atom is 0.407 e. The van der Waals surface area contributed by atoms with Crippen molar-refractivity contribution in [3.05, 3.63) is 83.4 Å². The van der Waals surface area contributed by atoms with Crippen molar-refractivity contribution in [3.63, 3.8) is 0 Å². The van der Waals surface area contributed by atoms with E-state index in [-0.39, 0.29) is 5.92 Å². The molecule has 0 bridgehead atoms. The summed E-state index contributed by atoms with van der Waals surface area (Å²) in [5.74, 6) is 7.56. The Hall–Kier alpha value is -3.91. The molecule has 0 saturated heterocycles. The Morgan fingerprint density at radius 3 is 2.28 bits per heavy atom. The van der Waals surface area contributed by atoms with E-state index in [9.17, 15) is 4.79 Å². The highest BCUT2D eigenvalue weighted by atomic mass is 16.5. The first kappa shape index (κ1) is 21.3. The van der Waals surface area contributed by atoms with Crippen molar-refractivity contribution in [2.45, 2.75) is 12.3 Å². The van der Waals surface area contributed by atoms with E-state index in [1.807, 2.05) is 42.5 Å². The maximum atomic E-state index is 12.2. The van der Waals surface area contributed by atoms with Crippen LogP contribution in [0.1, 0.15) is 29.0 Å². The van der Waals surface area contributed by atoms with Gasteiger partial charge in [-0.2, -0.15) is 0 Å². The van der Waals surface area contributed by atoms with Gasteiger partial charge in [0.2, 0.25) is 0 Å². The molecule has 0 unspecified atom stereocenters. The van der Waals surface area contributed by atoms with Gasteiger partial charge < -0.3 is 19.5 Å². The predicted molar refractivity (Wildman–Crippen MR) is 124 cm³/mol. The minimum Gasteiger partial charge on any atom is -0.497 e. The van der Waals surface area contributed by atoms with Gasteiger partial charge in [0.25, 0.3) is 0 Å². The van der Waals surface area contributed by atoms with Gasteiger partial charge in [-0.3, -0.25) is 0 Å². The molecule has 0 radical (unpaired) electrons. The molecule has 5 heteroatoms. The number of hydrogen-bond donors (Lipinski definition) is 1. The van der Waals surface area contributed by atoms with Gasteiger partial charge in [0.05, 0.1) is 19.8 Å². The van der Waals surface area contributed by atoms with Crippen LogP contribution in [0.5, 0.6) is 11.5 Å². The first-order valence-corrected chi connectivity index (χ1v) is 10.5. The number of benzene rings is 3. The van der Waals surface area contributed by atoms with E-state index in [1.54, 1.807) is 14.2 Å². The summed E-state index contributed by atoms with van der Waals surface area (Å²) in [5, 5.41) is 2.77. The van der Waals surface area contributed by atoms with E-state index >= 15 is 0 Å². The lowest BCUT2D eigenvalue weighted by Crippen LogP contribution is -2.26. The van der Waals surface area contributed by atoms with E-state index in [2.05, 4.69) is 41.4 Å². The first-order valence-electron chi connectivity index (χ1n) is 10.5. The molecule has 1 aliphatic carbocycles. The third-order valence-electron chi connectivity index (χ3n) is 5.49. The minimum atomic E-state index is -0.437. The average Bonchev–Trinajstić information content (AvgIpc) is 3.16. The molecule has 0 spiro atoms. The SMILES string of the molecule is COc1ccc(OC)c(C#CCCNC(=O)OCC2c3ccccc3-c3ccccc32)c1. The minimum absolute atomic E-state index is 0.0495. The van der Waals surface area contributed by atoms with Crippen LogP contribution in [0, 0.1) is 11.8 Å². The summed E-state index contributed by atoms with van der Waals surface area (Å²) in [6, 6.07) is 22.0. The Morgan fingerprint density at radius 2 is 1.62 bits per heavy atom. The van der Waals surface area contributed by atoms with Crippen molar-refractivity contribution in [2.24, 2.45) is 0 Å². The van der Waals surface area contributed by atoms with Gasteiger partial charge in [0.1, 0.15) is 18.1 Å². The summed E-state index contributed by atoms with van der Waals surface area (Å²) in [4.78, 5) is 12.2. The smallest absolute Gasteiger partial charge is 0.407 e. The summed E-state index contributed by atoms with van der Waals surface area (Å²) >= 11 is 0. The predicted octanol–water partition coefficient (Wildman–Crippen LogP) is 4.98. The molecule has 4 rings (SSSR count). The highest BCUT2D eigenvalue weighted by molar-refractivity contribution is 5.79. The second kappa shape index (κ2) is 9.93. The van der Waals surface area contributed by atoms with Gasteiger partial charge in [-0.15, -0.1) is 0 Å². The van der Waals surface area contributed by atoms with Crippen LogP contribution >= 0.6 is 0 Å². The molecule has 1 aliphatic rings. The van der Waals surface area contributed by atoms with Crippen LogP contribution in [0.3, 0.4) is 0 Å². The van der Waals surface area contributed by atoms with Gasteiger partial charge in [0, 0.05) is 18.9 Å². The van der Waals surface area contributed by atoms with Crippen molar-refractivity contribution in [1.82, 2.24) is 5.32 Å². The highest BCUT2D eigenvalue weighted by Crippen LogP contribution is 2.44. The van der Waals surface area contributed by atoms with Gasteiger partial charge >= 0.3 is 6.09 Å². The van der Waals surface area contributed by atoms with Crippen molar-refractivity contribution >= 4 is 6.09 Å². The van der Waals surface area contributed by atoms with Gasteiger partial charge in [-0.25, -0.2) is 4.79 Å². The van der Waals surface area contributed by atoms with E-state index in [1.165, 1.54) is 22.3 Å². The molecule has 32 heavy (non-hydrogen) atoms. The zero-order valence-electron chi connectivity index (χ0n) is 18.2. The van der Waals surface area contributed by atoms with Gasteiger partial charge in [0.15, 0.2) is 0 Å². The van der Waals surface area contributed by atoms with E-state index in [4.69, 9.17) is 14.2 Å². The first-order chi connectivity index (χ1) is 15.7. The molecule has 0 heterocycles. The second-order valence-corrected chi connectivity index (χ2v) is 7.37. The van der Waals surface area contributed by atoms with Crippen molar-refractivity contribution in [2.75, 3.05) is 27.4 Å². The van der Waals surface area contributed by atoms with E-state index in [0.29, 0.717) is 31.1 Å². The fraction of sp³-hybridized carbons (Fsp3) is 0.222. The number of nitrogens with one attached hydrogen (secondary N) is 1. The fourth-order valence-electron chi connectivity index (χ4n) is 3.95. The second-order valence-electron chi connectivity index (χ2n) is 7.37. The molecular formula is C27H25NO4. The molecule has 0 saturated carbocycles. The molecule has 1 amide bonds. The number of alkyl carbamates (subject to hydrolysis) is 1. The van der Waals surface area contributed by atoms with Crippen molar-refractivity contribution in [1.29, 1.82) is 0 Å². The molecule has 0 aromatic heterocycles. The third kappa shape index (κ3) is 4.55. The molecular weight excluding hydrogens is 402 g/mol. The molecule has 1 N–H and O–H groups in total. The van der Waals surface area contributed by atoms with Crippen LogP contribution in [0.25, 0.3) is 11.1 Å². The largest absolute Gasteiger partial charge is 0.497 e. The number of carbonyl (C=O) groups excluding carboxylic acids is 1. The quantitative estimate of drug-likeness (QED) is 0.445. The molecule has 3 aromatic carbocycles. The van der Waals surface area contributed by atoms with Crippen LogP contribution in [0.15, 0.2) is 66.7 Å². The molecule has 3 aromatic rings. The number of fused-ring (bicyclic) bond motifs is 3. The summed E-state index contributed by atoms with van der Waals surface area (Å²) in [6.07, 6.45) is 0.0532. The Morgan fingerprint density at radius 1 is 0.938 bits per heavy atom. The molecule has 5 nitrogen and oxygen atoms in total. The Labute approximate surface area is 188 Å². The summed E-state index contributed by atoms with van der Waals surface area (Å²) in [5.41, 5.74) is 5.55. The molecule has 0 atom stereocenters. The van der Waals surface area contributed by atoms with Crippen molar-refractivity contribution in [3.8, 4) is 34.5 Å². The Bertz CT molecular complexity index is 1130. The summed E-state index contributed by atoms with van der Waals surface area (Å²) < 4.78 is 16.1. The van der Waals surface area contributed by atoms with Crippen LogP contribution in [0.2, 0.25) is 0 Å². The summed E-state index contributed by atoms with van der Waals surface area (Å²) in [6.45, 7) is 0.697. The normalized spacial score (nSPS) is 11.6. The fourth-order valence-corrected chi connectivity index (χ4v) is 3.95. The molecule has 162 valence electrons. The monoisotopic (exact) mass is 427 g/mol. The lowest BCUT2D eigenvalue weighted by molar-refractivity contribution is 0.143. The number of methoxy groups -OCH3 is 2. The lowest BCUT2D eigenvalue weighted by atomic mass is 9.98. The van der Waals surface area contributed by atoms with E-state index < -0.39 is 6.09 Å². The number of rotatable bonds is 6. The number of carbonyl (C=O) groups is 1. The number of hydrogen-bond acceptors (Lipinski definition) is 4. The van der Waals surface area contributed by atoms with Gasteiger partial charge in [-0.1, -0.05) is 60.4 Å². The van der Waals surface area contributed by atoms with Crippen LogP contribution in [-0.4, -0.2) is 33.5 Å². The van der Waals surface area contributed by atoms with Crippen molar-refractivity contribution < 1.29 is 19.0 Å². The van der Waals surface area contributed by atoms with E-state index in [0.717, 1.165) is 5.56 Å². The highest BCUT2D eigenvalue weighted by Gasteiger charge is 2.28. The van der Waals surface area contributed by atoms with Crippen LogP contribution in [0.4, 0.5) is 4.79 Å². The maximum absolute atomic E-state index is 12.2.